The molecule has 1 N–H and O–H groups in total. The first kappa shape index (κ1) is 22.0. The molecule has 0 aliphatic carbocycles. The molecule has 2 heterocycles. The molecule has 0 saturated carbocycles. The van der Waals surface area contributed by atoms with Gasteiger partial charge in [-0.3, -0.25) is 9.78 Å². The van der Waals surface area contributed by atoms with Crippen molar-refractivity contribution in [2.24, 2.45) is 0 Å². The predicted molar refractivity (Wildman–Crippen MR) is 96.7 cm³/mol. The van der Waals surface area contributed by atoms with E-state index in [-0.39, 0.29) is 30.7 Å². The number of pyridine rings is 1. The quantitative estimate of drug-likeness (QED) is 0.843. The Bertz CT molecular complexity index is 442. The van der Waals surface area contributed by atoms with Crippen LogP contribution >= 0.6 is 24.8 Å². The fourth-order valence-electron chi connectivity index (χ4n) is 2.74. The second-order valence-corrected chi connectivity index (χ2v) is 5.46. The molecule has 23 heavy (non-hydrogen) atoms. The van der Waals surface area contributed by atoms with Crippen LogP contribution < -0.4 is 10.1 Å². The van der Waals surface area contributed by atoms with Gasteiger partial charge in [-0.15, -0.1) is 24.8 Å². The molecule has 0 radical (unpaired) electrons. The Kier molecular flexibility index (Phi) is 11.0. The first-order chi connectivity index (χ1) is 10.2. The standard InChI is InChI=1S/C16H25N3O2.2ClH/c1-3-11-19(14-6-9-17-10-7-14)16(20)13(2)21-15-5-4-8-18-12-15;;/h4-5,8,12-14,17H,3,6-7,9-11H2,1-2H3;2*1H. The lowest BCUT2D eigenvalue weighted by atomic mass is 10.0. The van der Waals surface area contributed by atoms with Gasteiger partial charge in [0.05, 0.1) is 6.20 Å². The molecule has 1 aromatic heterocycles. The molecule has 1 fully saturated rings. The van der Waals surface area contributed by atoms with E-state index in [9.17, 15) is 4.79 Å². The van der Waals surface area contributed by atoms with Crippen LogP contribution in [0.25, 0.3) is 0 Å². The Morgan fingerprint density at radius 2 is 2.13 bits per heavy atom. The molecule has 1 amide bonds. The third-order valence-corrected chi connectivity index (χ3v) is 3.79. The molecule has 0 spiro atoms. The minimum Gasteiger partial charge on any atom is -0.479 e. The van der Waals surface area contributed by atoms with Crippen LogP contribution in [0.15, 0.2) is 24.5 Å². The predicted octanol–water partition coefficient (Wildman–Crippen LogP) is 2.68. The summed E-state index contributed by atoms with van der Waals surface area (Å²) in [6, 6.07) is 3.97. The van der Waals surface area contributed by atoms with Gasteiger partial charge in [-0.25, -0.2) is 0 Å². The number of halogens is 2. The van der Waals surface area contributed by atoms with Crippen molar-refractivity contribution in [3.8, 4) is 5.75 Å². The van der Waals surface area contributed by atoms with Crippen LogP contribution in [0.4, 0.5) is 0 Å². The van der Waals surface area contributed by atoms with Gasteiger partial charge in [-0.2, -0.15) is 0 Å². The highest BCUT2D eigenvalue weighted by Gasteiger charge is 2.28. The van der Waals surface area contributed by atoms with Crippen LogP contribution in [-0.2, 0) is 4.79 Å². The van der Waals surface area contributed by atoms with E-state index in [0.717, 1.165) is 38.9 Å². The monoisotopic (exact) mass is 363 g/mol. The average Bonchev–Trinajstić information content (AvgIpc) is 2.53. The normalized spacial score (nSPS) is 15.7. The van der Waals surface area contributed by atoms with Gasteiger partial charge in [0.15, 0.2) is 6.10 Å². The highest BCUT2D eigenvalue weighted by molar-refractivity contribution is 5.85. The van der Waals surface area contributed by atoms with E-state index in [4.69, 9.17) is 4.74 Å². The van der Waals surface area contributed by atoms with Crippen molar-refractivity contribution in [3.05, 3.63) is 24.5 Å². The number of rotatable bonds is 6. The number of hydrogen-bond acceptors (Lipinski definition) is 4. The summed E-state index contributed by atoms with van der Waals surface area (Å²) in [5.74, 6) is 0.715. The molecular weight excluding hydrogens is 337 g/mol. The van der Waals surface area contributed by atoms with Crippen LogP contribution in [0.5, 0.6) is 5.75 Å². The van der Waals surface area contributed by atoms with E-state index in [1.165, 1.54) is 0 Å². The number of piperidine rings is 1. The Morgan fingerprint density at radius 1 is 1.43 bits per heavy atom. The maximum absolute atomic E-state index is 12.7. The number of aromatic nitrogens is 1. The summed E-state index contributed by atoms with van der Waals surface area (Å²) >= 11 is 0. The summed E-state index contributed by atoms with van der Waals surface area (Å²) in [6.45, 7) is 6.68. The number of nitrogens with zero attached hydrogens (tertiary/aromatic N) is 2. The molecule has 1 atom stereocenters. The summed E-state index contributed by atoms with van der Waals surface area (Å²) in [6.07, 6.45) is 5.86. The maximum Gasteiger partial charge on any atom is 0.263 e. The highest BCUT2D eigenvalue weighted by Crippen LogP contribution is 2.16. The average molecular weight is 364 g/mol. The fourth-order valence-corrected chi connectivity index (χ4v) is 2.74. The van der Waals surface area contributed by atoms with E-state index in [1.807, 2.05) is 24.0 Å². The van der Waals surface area contributed by atoms with E-state index in [1.54, 1.807) is 12.4 Å². The van der Waals surface area contributed by atoms with Crippen molar-refractivity contribution in [3.63, 3.8) is 0 Å². The van der Waals surface area contributed by atoms with Crippen molar-refractivity contribution < 1.29 is 9.53 Å². The molecule has 1 aliphatic rings. The summed E-state index contributed by atoms with van der Waals surface area (Å²) < 4.78 is 5.72. The Balaban J connectivity index is 0.00000242. The largest absolute Gasteiger partial charge is 0.479 e. The van der Waals surface area contributed by atoms with E-state index in [0.29, 0.717) is 11.8 Å². The number of carbonyl (C=O) groups is 1. The summed E-state index contributed by atoms with van der Waals surface area (Å²) in [4.78, 5) is 18.7. The third-order valence-electron chi connectivity index (χ3n) is 3.79. The number of amides is 1. The van der Waals surface area contributed by atoms with Gasteiger partial charge in [-0.05, 0) is 51.4 Å². The zero-order chi connectivity index (χ0) is 15.1. The van der Waals surface area contributed by atoms with Gasteiger partial charge in [0.25, 0.3) is 5.91 Å². The summed E-state index contributed by atoms with van der Waals surface area (Å²) in [5, 5.41) is 3.34. The van der Waals surface area contributed by atoms with Crippen molar-refractivity contribution in [1.29, 1.82) is 0 Å². The first-order valence-electron chi connectivity index (χ1n) is 7.80. The molecule has 2 rings (SSSR count). The Morgan fingerprint density at radius 3 is 2.70 bits per heavy atom. The van der Waals surface area contributed by atoms with Crippen LogP contribution in [0.2, 0.25) is 0 Å². The van der Waals surface area contributed by atoms with Crippen molar-refractivity contribution in [2.45, 2.75) is 45.3 Å². The zero-order valence-corrected chi connectivity index (χ0v) is 15.4. The van der Waals surface area contributed by atoms with Crippen LogP contribution in [0.1, 0.15) is 33.1 Å². The summed E-state index contributed by atoms with van der Waals surface area (Å²) in [5.41, 5.74) is 0. The number of carbonyl (C=O) groups excluding carboxylic acids is 1. The Labute approximate surface area is 151 Å². The lowest BCUT2D eigenvalue weighted by Crippen LogP contribution is -2.50. The molecular formula is C16H27Cl2N3O2. The van der Waals surface area contributed by atoms with Crippen molar-refractivity contribution in [1.82, 2.24) is 15.2 Å². The smallest absolute Gasteiger partial charge is 0.263 e. The van der Waals surface area contributed by atoms with Gasteiger partial charge in [0.2, 0.25) is 0 Å². The van der Waals surface area contributed by atoms with E-state index >= 15 is 0 Å². The fraction of sp³-hybridized carbons (Fsp3) is 0.625. The molecule has 0 bridgehead atoms. The number of nitrogens with one attached hydrogen (secondary N) is 1. The van der Waals surface area contributed by atoms with Crippen molar-refractivity contribution >= 4 is 30.7 Å². The maximum atomic E-state index is 12.7. The van der Waals surface area contributed by atoms with Gasteiger partial charge >= 0.3 is 0 Å². The SMILES string of the molecule is CCCN(C(=O)C(C)Oc1cccnc1)C1CCNCC1.Cl.Cl. The lowest BCUT2D eigenvalue weighted by molar-refractivity contribution is -0.141. The molecule has 1 aliphatic heterocycles. The molecule has 0 aromatic carbocycles. The highest BCUT2D eigenvalue weighted by atomic mass is 35.5. The molecule has 7 heteroatoms. The third kappa shape index (κ3) is 6.53. The molecule has 5 nitrogen and oxygen atoms in total. The number of hydrogen-bond donors (Lipinski definition) is 1. The van der Waals surface area contributed by atoms with Crippen LogP contribution in [0, 0.1) is 0 Å². The molecule has 1 aromatic rings. The topological polar surface area (TPSA) is 54.5 Å². The van der Waals surface area contributed by atoms with Crippen LogP contribution in [0.3, 0.4) is 0 Å². The zero-order valence-electron chi connectivity index (χ0n) is 13.7. The second-order valence-electron chi connectivity index (χ2n) is 5.46. The van der Waals surface area contributed by atoms with Gasteiger partial charge in [0, 0.05) is 18.8 Å². The molecule has 132 valence electrons. The van der Waals surface area contributed by atoms with E-state index < -0.39 is 6.10 Å². The number of ether oxygens (including phenoxy) is 1. The minimum absolute atomic E-state index is 0. The van der Waals surface area contributed by atoms with Gasteiger partial charge in [-0.1, -0.05) is 6.92 Å². The second kappa shape index (κ2) is 11.5. The van der Waals surface area contributed by atoms with Gasteiger partial charge in [0.1, 0.15) is 5.75 Å². The Hall–Kier alpha value is -1.04. The first-order valence-corrected chi connectivity index (χ1v) is 7.80. The van der Waals surface area contributed by atoms with E-state index in [2.05, 4.69) is 17.2 Å². The lowest BCUT2D eigenvalue weighted by Gasteiger charge is -2.36. The van der Waals surface area contributed by atoms with Crippen molar-refractivity contribution in [2.75, 3.05) is 19.6 Å². The minimum atomic E-state index is -0.476. The van der Waals surface area contributed by atoms with Crippen LogP contribution in [-0.4, -0.2) is 47.6 Å². The molecule has 1 saturated heterocycles. The summed E-state index contributed by atoms with van der Waals surface area (Å²) in [7, 11) is 0. The molecule has 1 unspecified atom stereocenters. The van der Waals surface area contributed by atoms with Gasteiger partial charge < -0.3 is 15.0 Å².